The maximum atomic E-state index is 8.85. The SMILES string of the molecule is COc1nc(C2CCCCO2)ccc1C#N. The maximum absolute atomic E-state index is 8.85. The molecular formula is C12H14N2O2. The van der Waals surface area contributed by atoms with Gasteiger partial charge in [-0.15, -0.1) is 0 Å². The van der Waals surface area contributed by atoms with E-state index >= 15 is 0 Å². The fourth-order valence-corrected chi connectivity index (χ4v) is 1.85. The van der Waals surface area contributed by atoms with Crippen molar-refractivity contribution in [3.63, 3.8) is 0 Å². The summed E-state index contributed by atoms with van der Waals surface area (Å²) in [5.41, 5.74) is 1.32. The molecule has 1 aliphatic heterocycles. The van der Waals surface area contributed by atoms with Crippen molar-refractivity contribution >= 4 is 0 Å². The molecule has 1 aliphatic rings. The van der Waals surface area contributed by atoms with E-state index in [1.54, 1.807) is 6.07 Å². The van der Waals surface area contributed by atoms with Gasteiger partial charge in [0.1, 0.15) is 11.6 Å². The summed E-state index contributed by atoms with van der Waals surface area (Å²) in [6.07, 6.45) is 3.32. The predicted octanol–water partition coefficient (Wildman–Crippen LogP) is 2.20. The molecule has 0 N–H and O–H groups in total. The van der Waals surface area contributed by atoms with Gasteiger partial charge >= 0.3 is 0 Å². The number of pyridine rings is 1. The van der Waals surface area contributed by atoms with Gasteiger partial charge < -0.3 is 9.47 Å². The molecule has 2 heterocycles. The molecule has 0 amide bonds. The molecule has 16 heavy (non-hydrogen) atoms. The Morgan fingerprint density at radius 2 is 2.38 bits per heavy atom. The monoisotopic (exact) mass is 218 g/mol. The summed E-state index contributed by atoms with van der Waals surface area (Å²) in [5.74, 6) is 0.383. The molecule has 2 rings (SSSR count). The van der Waals surface area contributed by atoms with Gasteiger partial charge in [-0.1, -0.05) is 0 Å². The number of nitrogens with zero attached hydrogens (tertiary/aromatic N) is 2. The molecule has 0 bridgehead atoms. The highest BCUT2D eigenvalue weighted by atomic mass is 16.5. The Bertz CT molecular complexity index is 406. The van der Waals surface area contributed by atoms with E-state index in [9.17, 15) is 0 Å². The molecule has 0 aromatic carbocycles. The number of rotatable bonds is 2. The second-order valence-electron chi connectivity index (χ2n) is 3.76. The first-order valence-electron chi connectivity index (χ1n) is 5.42. The molecule has 1 atom stereocenters. The summed E-state index contributed by atoms with van der Waals surface area (Å²) in [6.45, 7) is 0.786. The van der Waals surface area contributed by atoms with Crippen LogP contribution in [0.5, 0.6) is 5.88 Å². The lowest BCUT2D eigenvalue weighted by atomic mass is 10.1. The van der Waals surface area contributed by atoms with Crippen LogP contribution in [0, 0.1) is 11.3 Å². The van der Waals surface area contributed by atoms with E-state index in [0.29, 0.717) is 11.4 Å². The van der Waals surface area contributed by atoms with E-state index in [1.165, 1.54) is 7.11 Å². The van der Waals surface area contributed by atoms with Gasteiger partial charge in [-0.25, -0.2) is 4.98 Å². The average Bonchev–Trinajstić information content (AvgIpc) is 2.39. The fraction of sp³-hybridized carbons (Fsp3) is 0.500. The van der Waals surface area contributed by atoms with Gasteiger partial charge in [0.15, 0.2) is 0 Å². The average molecular weight is 218 g/mol. The van der Waals surface area contributed by atoms with E-state index < -0.39 is 0 Å². The van der Waals surface area contributed by atoms with E-state index in [0.717, 1.165) is 31.6 Å². The Hall–Kier alpha value is -1.60. The van der Waals surface area contributed by atoms with Crippen LogP contribution < -0.4 is 4.74 Å². The molecule has 4 nitrogen and oxygen atoms in total. The topological polar surface area (TPSA) is 55.1 Å². The highest BCUT2D eigenvalue weighted by Gasteiger charge is 2.18. The van der Waals surface area contributed by atoms with Crippen LogP contribution in [-0.2, 0) is 4.74 Å². The number of aromatic nitrogens is 1. The van der Waals surface area contributed by atoms with Crippen LogP contribution in [0.4, 0.5) is 0 Å². The molecule has 4 heteroatoms. The summed E-state index contributed by atoms with van der Waals surface area (Å²) >= 11 is 0. The fourth-order valence-electron chi connectivity index (χ4n) is 1.85. The Kier molecular flexibility index (Phi) is 3.37. The summed E-state index contributed by atoms with van der Waals surface area (Å²) in [7, 11) is 1.52. The Balaban J connectivity index is 2.25. The number of hydrogen-bond acceptors (Lipinski definition) is 4. The summed E-state index contributed by atoms with van der Waals surface area (Å²) in [5, 5.41) is 8.85. The van der Waals surface area contributed by atoms with Gasteiger partial charge in [0.25, 0.3) is 0 Å². The zero-order valence-corrected chi connectivity index (χ0v) is 9.27. The summed E-state index contributed by atoms with van der Waals surface area (Å²) in [4.78, 5) is 4.32. The van der Waals surface area contributed by atoms with Crippen molar-refractivity contribution in [2.75, 3.05) is 13.7 Å². The van der Waals surface area contributed by atoms with Gasteiger partial charge in [0.05, 0.1) is 18.9 Å². The second kappa shape index (κ2) is 4.95. The van der Waals surface area contributed by atoms with Gasteiger partial charge in [-0.05, 0) is 31.4 Å². The lowest BCUT2D eigenvalue weighted by molar-refractivity contribution is 0.0120. The van der Waals surface area contributed by atoms with Crippen LogP contribution in [-0.4, -0.2) is 18.7 Å². The molecule has 1 aromatic heterocycles. The molecule has 1 unspecified atom stereocenters. The van der Waals surface area contributed by atoms with E-state index in [4.69, 9.17) is 14.7 Å². The van der Waals surface area contributed by atoms with Crippen LogP contribution in [0.15, 0.2) is 12.1 Å². The molecule has 84 valence electrons. The molecule has 0 saturated carbocycles. The van der Waals surface area contributed by atoms with Crippen molar-refractivity contribution < 1.29 is 9.47 Å². The molecule has 1 saturated heterocycles. The molecule has 0 radical (unpaired) electrons. The Morgan fingerprint density at radius 1 is 1.50 bits per heavy atom. The van der Waals surface area contributed by atoms with Crippen LogP contribution in [0.2, 0.25) is 0 Å². The number of nitriles is 1. The second-order valence-corrected chi connectivity index (χ2v) is 3.76. The van der Waals surface area contributed by atoms with Crippen molar-refractivity contribution in [3.05, 3.63) is 23.4 Å². The zero-order valence-electron chi connectivity index (χ0n) is 9.27. The number of methoxy groups -OCH3 is 1. The van der Waals surface area contributed by atoms with Crippen molar-refractivity contribution in [2.24, 2.45) is 0 Å². The van der Waals surface area contributed by atoms with Gasteiger partial charge in [-0.3, -0.25) is 0 Å². The standard InChI is InChI=1S/C12H14N2O2/c1-15-12-9(8-13)5-6-10(14-12)11-4-2-3-7-16-11/h5-6,11H,2-4,7H2,1H3. The van der Waals surface area contributed by atoms with Gasteiger partial charge in [0.2, 0.25) is 5.88 Å². The quantitative estimate of drug-likeness (QED) is 0.763. The largest absolute Gasteiger partial charge is 0.480 e. The third-order valence-corrected chi connectivity index (χ3v) is 2.71. The third kappa shape index (κ3) is 2.15. The Morgan fingerprint density at radius 3 is 3.00 bits per heavy atom. The molecule has 1 aromatic rings. The van der Waals surface area contributed by atoms with Crippen molar-refractivity contribution in [2.45, 2.75) is 25.4 Å². The van der Waals surface area contributed by atoms with Crippen LogP contribution >= 0.6 is 0 Å². The highest BCUT2D eigenvalue weighted by molar-refractivity contribution is 5.39. The van der Waals surface area contributed by atoms with Gasteiger partial charge in [0, 0.05) is 6.61 Å². The zero-order chi connectivity index (χ0) is 11.4. The van der Waals surface area contributed by atoms with Crippen molar-refractivity contribution in [1.82, 2.24) is 4.98 Å². The molecule has 0 spiro atoms. The lowest BCUT2D eigenvalue weighted by Crippen LogP contribution is -2.13. The van der Waals surface area contributed by atoms with Gasteiger partial charge in [-0.2, -0.15) is 5.26 Å². The summed E-state index contributed by atoms with van der Waals surface area (Å²) in [6, 6.07) is 5.63. The minimum absolute atomic E-state index is 0.0513. The summed E-state index contributed by atoms with van der Waals surface area (Å²) < 4.78 is 10.7. The van der Waals surface area contributed by atoms with Crippen LogP contribution in [0.1, 0.15) is 36.6 Å². The third-order valence-electron chi connectivity index (χ3n) is 2.71. The predicted molar refractivity (Wildman–Crippen MR) is 58.0 cm³/mol. The maximum Gasteiger partial charge on any atom is 0.231 e. The van der Waals surface area contributed by atoms with Crippen molar-refractivity contribution in [1.29, 1.82) is 5.26 Å². The number of hydrogen-bond donors (Lipinski definition) is 0. The molecule has 1 fully saturated rings. The Labute approximate surface area is 94.8 Å². The first-order valence-corrected chi connectivity index (χ1v) is 5.42. The van der Waals surface area contributed by atoms with E-state index in [1.807, 2.05) is 12.1 Å². The van der Waals surface area contributed by atoms with Crippen molar-refractivity contribution in [3.8, 4) is 11.9 Å². The molecule has 0 aliphatic carbocycles. The van der Waals surface area contributed by atoms with Crippen LogP contribution in [0.3, 0.4) is 0 Å². The van der Waals surface area contributed by atoms with Crippen LogP contribution in [0.25, 0.3) is 0 Å². The van der Waals surface area contributed by atoms with E-state index in [2.05, 4.69) is 4.98 Å². The minimum atomic E-state index is 0.0513. The highest BCUT2D eigenvalue weighted by Crippen LogP contribution is 2.28. The van der Waals surface area contributed by atoms with E-state index in [-0.39, 0.29) is 6.10 Å². The first-order chi connectivity index (χ1) is 7.85. The molecular weight excluding hydrogens is 204 g/mol. The first kappa shape index (κ1) is 10.9. The normalized spacial score (nSPS) is 20.1. The smallest absolute Gasteiger partial charge is 0.231 e. The minimum Gasteiger partial charge on any atom is -0.480 e. The number of ether oxygens (including phenoxy) is 2. The lowest BCUT2D eigenvalue weighted by Gasteiger charge is -2.22.